The zero-order valence-corrected chi connectivity index (χ0v) is 14.7. The number of halogens is 2. The molecule has 0 aliphatic rings. The van der Waals surface area contributed by atoms with E-state index in [0.717, 1.165) is 24.3 Å². The smallest absolute Gasteiger partial charge is 0.262 e. The lowest BCUT2D eigenvalue weighted by Gasteiger charge is -2.20. The van der Waals surface area contributed by atoms with Crippen molar-refractivity contribution < 1.29 is 22.0 Å². The lowest BCUT2D eigenvalue weighted by atomic mass is 10.1. The van der Waals surface area contributed by atoms with Crippen LogP contribution in [0.1, 0.15) is 31.1 Å². The summed E-state index contributed by atoms with van der Waals surface area (Å²) in [6.07, 6.45) is 0. The molecule has 0 radical (unpaired) electrons. The summed E-state index contributed by atoms with van der Waals surface area (Å²) in [7, 11) is -4.27. The maximum Gasteiger partial charge on any atom is 0.262 e. The zero-order valence-electron chi connectivity index (χ0n) is 13.9. The van der Waals surface area contributed by atoms with Gasteiger partial charge in [0.25, 0.3) is 15.9 Å². The van der Waals surface area contributed by atoms with E-state index < -0.39 is 38.8 Å². The lowest BCUT2D eigenvalue weighted by molar-refractivity contribution is 0.0919. The van der Waals surface area contributed by atoms with Crippen molar-refractivity contribution in [3.05, 3.63) is 59.7 Å². The number of amides is 1. The van der Waals surface area contributed by atoms with E-state index in [1.807, 2.05) is 4.72 Å². The number of hydrogen-bond acceptors (Lipinski definition) is 3. The SMILES string of the molecule is CC(C)(C)NC(=O)c1cccc(S(=O)(=O)Nc2c(F)cccc2F)c1. The summed E-state index contributed by atoms with van der Waals surface area (Å²) in [4.78, 5) is 11.9. The van der Waals surface area contributed by atoms with Crippen LogP contribution in [-0.4, -0.2) is 19.9 Å². The Hall–Kier alpha value is -2.48. The highest BCUT2D eigenvalue weighted by atomic mass is 32.2. The highest BCUT2D eigenvalue weighted by molar-refractivity contribution is 7.92. The molecule has 2 aromatic carbocycles. The van der Waals surface area contributed by atoms with Crippen LogP contribution in [0.5, 0.6) is 0 Å². The normalized spacial score (nSPS) is 11.9. The van der Waals surface area contributed by atoms with Crippen molar-refractivity contribution in [2.75, 3.05) is 4.72 Å². The summed E-state index contributed by atoms with van der Waals surface area (Å²) in [6, 6.07) is 8.20. The first-order valence-electron chi connectivity index (χ1n) is 7.39. The zero-order chi connectivity index (χ0) is 18.8. The van der Waals surface area contributed by atoms with Crippen LogP contribution in [-0.2, 0) is 10.0 Å². The highest BCUT2D eigenvalue weighted by Gasteiger charge is 2.21. The summed E-state index contributed by atoms with van der Waals surface area (Å²) in [5.41, 5.74) is -1.15. The molecule has 0 saturated heterocycles. The third kappa shape index (κ3) is 4.76. The van der Waals surface area contributed by atoms with E-state index in [9.17, 15) is 22.0 Å². The molecular weight excluding hydrogens is 350 g/mol. The van der Waals surface area contributed by atoms with Crippen LogP contribution in [0.15, 0.2) is 47.4 Å². The number of carbonyl (C=O) groups is 1. The monoisotopic (exact) mass is 368 g/mol. The number of anilines is 1. The van der Waals surface area contributed by atoms with Crippen molar-refractivity contribution in [1.29, 1.82) is 0 Å². The molecule has 134 valence electrons. The average molecular weight is 368 g/mol. The van der Waals surface area contributed by atoms with Crippen molar-refractivity contribution in [2.24, 2.45) is 0 Å². The van der Waals surface area contributed by atoms with Crippen molar-refractivity contribution in [3.63, 3.8) is 0 Å². The third-order valence-electron chi connectivity index (χ3n) is 3.09. The van der Waals surface area contributed by atoms with Crippen LogP contribution < -0.4 is 10.0 Å². The van der Waals surface area contributed by atoms with Crippen LogP contribution in [0.25, 0.3) is 0 Å². The third-order valence-corrected chi connectivity index (χ3v) is 4.44. The van der Waals surface area contributed by atoms with Crippen molar-refractivity contribution in [2.45, 2.75) is 31.2 Å². The topological polar surface area (TPSA) is 75.3 Å². The summed E-state index contributed by atoms with van der Waals surface area (Å²) in [5, 5.41) is 2.71. The van der Waals surface area contributed by atoms with Crippen LogP contribution in [0.3, 0.4) is 0 Å². The molecule has 0 fully saturated rings. The second-order valence-electron chi connectivity index (χ2n) is 6.43. The summed E-state index contributed by atoms with van der Waals surface area (Å²) in [5.74, 6) is -2.53. The Kier molecular flexibility index (Phi) is 5.12. The molecule has 1 amide bonds. The number of rotatable bonds is 4. The minimum absolute atomic E-state index is 0.117. The van der Waals surface area contributed by atoms with Gasteiger partial charge in [-0.05, 0) is 51.1 Å². The van der Waals surface area contributed by atoms with Gasteiger partial charge in [0, 0.05) is 11.1 Å². The van der Waals surface area contributed by atoms with E-state index in [2.05, 4.69) is 5.32 Å². The molecule has 0 heterocycles. The number of benzene rings is 2. The van der Waals surface area contributed by atoms with E-state index in [1.54, 1.807) is 20.8 Å². The highest BCUT2D eigenvalue weighted by Crippen LogP contribution is 2.22. The predicted octanol–water partition coefficient (Wildman–Crippen LogP) is 3.29. The van der Waals surface area contributed by atoms with E-state index in [-0.39, 0.29) is 10.5 Å². The summed E-state index contributed by atoms with van der Waals surface area (Å²) < 4.78 is 54.0. The molecule has 0 atom stereocenters. The van der Waals surface area contributed by atoms with E-state index in [4.69, 9.17) is 0 Å². The molecule has 25 heavy (non-hydrogen) atoms. The Morgan fingerprint density at radius 3 is 2.12 bits per heavy atom. The molecule has 2 N–H and O–H groups in total. The quantitative estimate of drug-likeness (QED) is 0.870. The van der Waals surface area contributed by atoms with Gasteiger partial charge in [-0.15, -0.1) is 0 Å². The molecule has 0 bridgehead atoms. The number of sulfonamides is 1. The molecule has 0 unspecified atom stereocenters. The van der Waals surface area contributed by atoms with Crippen molar-refractivity contribution >= 4 is 21.6 Å². The second kappa shape index (κ2) is 6.79. The largest absolute Gasteiger partial charge is 0.347 e. The van der Waals surface area contributed by atoms with Crippen LogP contribution in [0.2, 0.25) is 0 Å². The molecule has 5 nitrogen and oxygen atoms in total. The van der Waals surface area contributed by atoms with Gasteiger partial charge in [0.1, 0.15) is 17.3 Å². The first-order chi connectivity index (χ1) is 11.5. The number of nitrogens with one attached hydrogen (secondary N) is 2. The molecule has 8 heteroatoms. The van der Waals surface area contributed by atoms with E-state index in [0.29, 0.717) is 0 Å². The molecule has 2 rings (SSSR count). The minimum atomic E-state index is -4.27. The van der Waals surface area contributed by atoms with Gasteiger partial charge >= 0.3 is 0 Å². The average Bonchev–Trinajstić information content (AvgIpc) is 2.50. The van der Waals surface area contributed by atoms with Gasteiger partial charge in [-0.25, -0.2) is 17.2 Å². The van der Waals surface area contributed by atoms with Gasteiger partial charge in [-0.3, -0.25) is 9.52 Å². The maximum atomic E-state index is 13.7. The Morgan fingerprint density at radius 1 is 1.00 bits per heavy atom. The van der Waals surface area contributed by atoms with Gasteiger partial charge in [-0.1, -0.05) is 12.1 Å². The lowest BCUT2D eigenvalue weighted by Crippen LogP contribution is -2.40. The van der Waals surface area contributed by atoms with Crippen molar-refractivity contribution in [3.8, 4) is 0 Å². The molecule has 0 spiro atoms. The van der Waals surface area contributed by atoms with Crippen LogP contribution in [0.4, 0.5) is 14.5 Å². The maximum absolute atomic E-state index is 13.7. The van der Waals surface area contributed by atoms with Crippen LogP contribution in [0, 0.1) is 11.6 Å². The fraction of sp³-hybridized carbons (Fsp3) is 0.235. The van der Waals surface area contributed by atoms with Gasteiger partial charge in [-0.2, -0.15) is 0 Å². The van der Waals surface area contributed by atoms with Crippen LogP contribution >= 0.6 is 0 Å². The van der Waals surface area contributed by atoms with Gasteiger partial charge in [0.05, 0.1) is 4.90 Å². The number of carbonyl (C=O) groups excluding carboxylic acids is 1. The Balaban J connectivity index is 2.35. The number of hydrogen-bond donors (Lipinski definition) is 2. The van der Waals surface area contributed by atoms with Gasteiger partial charge in [0.15, 0.2) is 0 Å². The minimum Gasteiger partial charge on any atom is -0.347 e. The predicted molar refractivity (Wildman–Crippen MR) is 90.8 cm³/mol. The summed E-state index contributed by atoms with van der Waals surface area (Å²) >= 11 is 0. The Bertz CT molecular complexity index is 886. The molecule has 0 aliphatic carbocycles. The van der Waals surface area contributed by atoms with E-state index >= 15 is 0 Å². The second-order valence-corrected chi connectivity index (χ2v) is 8.12. The van der Waals surface area contributed by atoms with Gasteiger partial charge < -0.3 is 5.32 Å². The Labute approximate surface area is 145 Å². The van der Waals surface area contributed by atoms with Gasteiger partial charge in [0.2, 0.25) is 0 Å². The molecule has 2 aromatic rings. The van der Waals surface area contributed by atoms with Crippen molar-refractivity contribution in [1.82, 2.24) is 5.32 Å². The fourth-order valence-corrected chi connectivity index (χ4v) is 3.13. The molecule has 0 aliphatic heterocycles. The molecule has 0 saturated carbocycles. The fourth-order valence-electron chi connectivity index (χ4n) is 2.01. The first kappa shape index (κ1) is 18.9. The first-order valence-corrected chi connectivity index (χ1v) is 8.87. The Morgan fingerprint density at radius 2 is 1.56 bits per heavy atom. The molecular formula is C17H18F2N2O3S. The summed E-state index contributed by atoms with van der Waals surface area (Å²) in [6.45, 7) is 5.36. The standard InChI is InChI=1S/C17H18F2N2O3S/c1-17(2,3)20-16(22)11-6-4-7-12(10-11)25(23,24)21-15-13(18)8-5-9-14(15)19/h4-10,21H,1-3H3,(H,20,22). The number of para-hydroxylation sites is 1. The molecule has 0 aromatic heterocycles. The van der Waals surface area contributed by atoms with E-state index in [1.165, 1.54) is 18.2 Å².